The third-order valence-electron chi connectivity index (χ3n) is 1.85. The van der Waals surface area contributed by atoms with Gasteiger partial charge in [0.1, 0.15) is 0 Å². The van der Waals surface area contributed by atoms with Gasteiger partial charge in [0.2, 0.25) is 0 Å². The molecule has 0 aromatic heterocycles. The van der Waals surface area contributed by atoms with Crippen molar-refractivity contribution in [2.45, 2.75) is 0 Å². The van der Waals surface area contributed by atoms with Crippen molar-refractivity contribution in [1.29, 1.82) is 0 Å². The standard InChI is InChI=1S/C10H11NO4S/c1-15-10-4-3-8(5-6-16(2)14)7-9(10)11(12)13/h3-7H,1-2H3/b6-5+. The van der Waals surface area contributed by atoms with Crippen LogP contribution in [0.1, 0.15) is 5.56 Å². The molecule has 1 unspecified atom stereocenters. The Morgan fingerprint density at radius 3 is 2.69 bits per heavy atom. The SMILES string of the molecule is COc1ccc(/C=C/S(C)=O)cc1[N+](=O)[O-]. The summed E-state index contributed by atoms with van der Waals surface area (Å²) >= 11 is 0. The molecule has 0 bridgehead atoms. The number of nitrogens with zero attached hydrogens (tertiary/aromatic N) is 1. The highest BCUT2D eigenvalue weighted by Gasteiger charge is 2.13. The second-order valence-corrected chi connectivity index (χ2v) is 4.26. The number of rotatable bonds is 4. The smallest absolute Gasteiger partial charge is 0.311 e. The highest BCUT2D eigenvalue weighted by atomic mass is 32.2. The van der Waals surface area contributed by atoms with Crippen LogP contribution in [0.5, 0.6) is 5.75 Å². The van der Waals surface area contributed by atoms with Crippen molar-refractivity contribution >= 4 is 22.6 Å². The zero-order valence-corrected chi connectivity index (χ0v) is 9.69. The Balaban J connectivity index is 3.12. The molecule has 0 spiro atoms. The Morgan fingerprint density at radius 2 is 2.19 bits per heavy atom. The second-order valence-electron chi connectivity index (χ2n) is 2.99. The molecule has 0 fully saturated rings. The Bertz CT molecular complexity index is 456. The van der Waals surface area contributed by atoms with Gasteiger partial charge in [-0.15, -0.1) is 0 Å². The fraction of sp³-hybridized carbons (Fsp3) is 0.200. The summed E-state index contributed by atoms with van der Waals surface area (Å²) in [4.78, 5) is 10.2. The largest absolute Gasteiger partial charge is 0.490 e. The molecule has 1 aromatic rings. The van der Waals surface area contributed by atoms with E-state index in [2.05, 4.69) is 0 Å². The van der Waals surface area contributed by atoms with Crippen LogP contribution in [0.2, 0.25) is 0 Å². The van der Waals surface area contributed by atoms with Crippen LogP contribution in [0.25, 0.3) is 6.08 Å². The molecular weight excluding hydrogens is 230 g/mol. The third-order valence-corrected chi connectivity index (χ3v) is 2.37. The monoisotopic (exact) mass is 241 g/mol. The van der Waals surface area contributed by atoms with Gasteiger partial charge in [-0.05, 0) is 17.7 Å². The molecule has 0 heterocycles. The molecule has 5 nitrogen and oxygen atoms in total. The van der Waals surface area contributed by atoms with Crippen molar-refractivity contribution in [2.24, 2.45) is 0 Å². The average molecular weight is 241 g/mol. The predicted molar refractivity (Wildman–Crippen MR) is 62.7 cm³/mol. The lowest BCUT2D eigenvalue weighted by atomic mass is 10.2. The molecule has 86 valence electrons. The summed E-state index contributed by atoms with van der Waals surface area (Å²) in [5, 5.41) is 12.2. The fourth-order valence-electron chi connectivity index (χ4n) is 1.13. The Labute approximate surface area is 95.3 Å². The second kappa shape index (κ2) is 5.41. The number of hydrogen-bond acceptors (Lipinski definition) is 4. The van der Waals surface area contributed by atoms with Crippen molar-refractivity contribution in [3.05, 3.63) is 39.3 Å². The number of nitro groups is 1. The lowest BCUT2D eigenvalue weighted by Crippen LogP contribution is -1.93. The summed E-state index contributed by atoms with van der Waals surface area (Å²) < 4.78 is 15.7. The van der Waals surface area contributed by atoms with Crippen molar-refractivity contribution in [1.82, 2.24) is 0 Å². The van der Waals surface area contributed by atoms with Gasteiger partial charge in [0.05, 0.1) is 12.0 Å². The van der Waals surface area contributed by atoms with Crippen molar-refractivity contribution in [3.63, 3.8) is 0 Å². The number of ether oxygens (including phenoxy) is 1. The summed E-state index contributed by atoms with van der Waals surface area (Å²) in [5.74, 6) is 0.208. The number of methoxy groups -OCH3 is 1. The van der Waals surface area contributed by atoms with Crippen molar-refractivity contribution < 1.29 is 13.9 Å². The molecule has 0 aliphatic heterocycles. The van der Waals surface area contributed by atoms with Gasteiger partial charge >= 0.3 is 5.69 Å². The van der Waals surface area contributed by atoms with Gasteiger partial charge in [0.15, 0.2) is 5.75 Å². The first-order chi connectivity index (χ1) is 7.54. The van der Waals surface area contributed by atoms with Gasteiger partial charge in [0, 0.05) is 28.5 Å². The van der Waals surface area contributed by atoms with E-state index in [1.165, 1.54) is 30.9 Å². The quantitative estimate of drug-likeness (QED) is 0.596. The molecule has 0 aliphatic carbocycles. The van der Waals surface area contributed by atoms with Crippen LogP contribution in [0.15, 0.2) is 23.6 Å². The number of nitro benzene ring substituents is 1. The predicted octanol–water partition coefficient (Wildman–Crippen LogP) is 1.95. The zero-order valence-electron chi connectivity index (χ0n) is 8.88. The van der Waals surface area contributed by atoms with E-state index in [0.717, 1.165) is 0 Å². The molecule has 6 heteroatoms. The van der Waals surface area contributed by atoms with Gasteiger partial charge in [-0.25, -0.2) is 0 Å². The summed E-state index contributed by atoms with van der Waals surface area (Å²) in [5.41, 5.74) is 0.509. The van der Waals surface area contributed by atoms with Gasteiger partial charge in [-0.2, -0.15) is 0 Å². The minimum atomic E-state index is -1.07. The Morgan fingerprint density at radius 1 is 1.50 bits per heavy atom. The maximum atomic E-state index is 10.8. The van der Waals surface area contributed by atoms with Crippen LogP contribution < -0.4 is 4.74 Å². The average Bonchev–Trinajstić information content (AvgIpc) is 2.25. The van der Waals surface area contributed by atoms with Gasteiger partial charge in [-0.3, -0.25) is 14.3 Å². The molecule has 0 amide bonds. The van der Waals surface area contributed by atoms with Crippen LogP contribution in [0.3, 0.4) is 0 Å². The molecule has 0 aliphatic rings. The fourth-order valence-corrected chi connectivity index (χ4v) is 1.48. The highest BCUT2D eigenvalue weighted by Crippen LogP contribution is 2.27. The van der Waals surface area contributed by atoms with E-state index in [1.54, 1.807) is 12.1 Å². The Hall–Kier alpha value is -1.69. The molecule has 1 aromatic carbocycles. The molecule has 1 atom stereocenters. The first-order valence-electron chi connectivity index (χ1n) is 4.37. The molecule has 0 radical (unpaired) electrons. The van der Waals surface area contributed by atoms with Crippen LogP contribution >= 0.6 is 0 Å². The molecule has 16 heavy (non-hydrogen) atoms. The van der Waals surface area contributed by atoms with Gasteiger partial charge in [0.25, 0.3) is 0 Å². The summed E-state index contributed by atoms with van der Waals surface area (Å²) in [6, 6.07) is 4.55. The summed E-state index contributed by atoms with van der Waals surface area (Å²) in [6.45, 7) is 0. The van der Waals surface area contributed by atoms with E-state index in [4.69, 9.17) is 4.74 Å². The van der Waals surface area contributed by atoms with E-state index >= 15 is 0 Å². The lowest BCUT2D eigenvalue weighted by Gasteiger charge is -2.01. The lowest BCUT2D eigenvalue weighted by molar-refractivity contribution is -0.385. The highest BCUT2D eigenvalue weighted by molar-refractivity contribution is 7.87. The first kappa shape index (κ1) is 12.4. The topological polar surface area (TPSA) is 69.4 Å². The molecule has 0 saturated heterocycles. The number of benzene rings is 1. The normalized spacial score (nSPS) is 12.6. The Kier molecular flexibility index (Phi) is 4.19. The molecule has 0 N–H and O–H groups in total. The van der Waals surface area contributed by atoms with E-state index in [9.17, 15) is 14.3 Å². The maximum Gasteiger partial charge on any atom is 0.311 e. The minimum absolute atomic E-state index is 0.105. The molecule has 1 rings (SSSR count). The van der Waals surface area contributed by atoms with Crippen LogP contribution in [-0.4, -0.2) is 22.5 Å². The van der Waals surface area contributed by atoms with E-state index in [0.29, 0.717) is 5.56 Å². The van der Waals surface area contributed by atoms with Crippen molar-refractivity contribution in [2.75, 3.05) is 13.4 Å². The minimum Gasteiger partial charge on any atom is -0.490 e. The molecule has 0 saturated carbocycles. The van der Waals surface area contributed by atoms with Crippen molar-refractivity contribution in [3.8, 4) is 5.75 Å². The molecular formula is C10H11NO4S. The first-order valence-corrected chi connectivity index (χ1v) is 5.99. The zero-order chi connectivity index (χ0) is 12.1. The van der Waals surface area contributed by atoms with Crippen LogP contribution in [0.4, 0.5) is 5.69 Å². The van der Waals surface area contributed by atoms with Gasteiger partial charge in [-0.1, -0.05) is 6.07 Å². The van der Waals surface area contributed by atoms with E-state index in [-0.39, 0.29) is 11.4 Å². The van der Waals surface area contributed by atoms with Gasteiger partial charge < -0.3 is 4.74 Å². The summed E-state index contributed by atoms with van der Waals surface area (Å²) in [6.07, 6.45) is 3.09. The van der Waals surface area contributed by atoms with E-state index in [1.807, 2.05) is 0 Å². The maximum absolute atomic E-state index is 10.8. The van der Waals surface area contributed by atoms with Crippen LogP contribution in [-0.2, 0) is 10.8 Å². The van der Waals surface area contributed by atoms with Crippen LogP contribution in [0, 0.1) is 10.1 Å². The summed E-state index contributed by atoms with van der Waals surface area (Å²) in [7, 11) is 0.302. The number of hydrogen-bond donors (Lipinski definition) is 0. The third kappa shape index (κ3) is 3.16. The van der Waals surface area contributed by atoms with E-state index < -0.39 is 15.7 Å².